The van der Waals surface area contributed by atoms with Crippen LogP contribution >= 0.6 is 11.3 Å². The molecule has 0 aliphatic heterocycles. The van der Waals surface area contributed by atoms with Crippen LogP contribution in [0.4, 0.5) is 0 Å². The molecule has 0 N–H and O–H groups in total. The Hall–Kier alpha value is -3.45. The minimum absolute atomic E-state index is 0.166. The van der Waals surface area contributed by atoms with Crippen molar-refractivity contribution >= 4 is 35.2 Å². The van der Waals surface area contributed by atoms with Gasteiger partial charge in [0.2, 0.25) is 0 Å². The third kappa shape index (κ3) is 5.12. The Kier molecular flexibility index (Phi) is 6.98. The van der Waals surface area contributed by atoms with Crippen LogP contribution in [0.1, 0.15) is 22.8 Å². The van der Waals surface area contributed by atoms with Crippen molar-refractivity contribution in [3.05, 3.63) is 85.3 Å². The fourth-order valence-corrected chi connectivity index (χ4v) is 3.82. The van der Waals surface area contributed by atoms with Crippen molar-refractivity contribution < 1.29 is 19.1 Å². The van der Waals surface area contributed by atoms with Crippen LogP contribution in [-0.2, 0) is 16.1 Å². The molecule has 0 saturated heterocycles. The zero-order chi connectivity index (χ0) is 21.5. The molecule has 6 nitrogen and oxygen atoms in total. The monoisotopic (exact) mass is 423 g/mol. The number of carbonyl (C=O) groups excluding carboxylic acids is 2. The first-order chi connectivity index (χ1) is 14.5. The molecule has 7 heteroatoms. The van der Waals surface area contributed by atoms with Crippen molar-refractivity contribution in [2.75, 3.05) is 13.7 Å². The predicted octanol–water partition coefficient (Wildman–Crippen LogP) is 1.97. The summed E-state index contributed by atoms with van der Waals surface area (Å²) in [6.07, 6.45) is 2.97. The molecule has 0 spiro atoms. The summed E-state index contributed by atoms with van der Waals surface area (Å²) in [6.45, 7) is 1.76. The van der Waals surface area contributed by atoms with E-state index in [1.54, 1.807) is 56.5 Å². The van der Waals surface area contributed by atoms with Gasteiger partial charge in [-0.3, -0.25) is 14.2 Å². The molecule has 0 bridgehead atoms. The molecule has 3 aromatic rings. The Morgan fingerprint density at radius 3 is 2.40 bits per heavy atom. The first-order valence-corrected chi connectivity index (χ1v) is 10.2. The summed E-state index contributed by atoms with van der Waals surface area (Å²) >= 11 is 1.14. The molecule has 3 rings (SSSR count). The van der Waals surface area contributed by atoms with Gasteiger partial charge in [-0.15, -0.1) is 11.3 Å². The van der Waals surface area contributed by atoms with E-state index in [0.29, 0.717) is 20.5 Å². The number of aromatic nitrogens is 1. The van der Waals surface area contributed by atoms with Crippen LogP contribution in [0.3, 0.4) is 0 Å². The van der Waals surface area contributed by atoms with E-state index in [-0.39, 0.29) is 24.5 Å². The van der Waals surface area contributed by atoms with E-state index in [4.69, 9.17) is 9.47 Å². The van der Waals surface area contributed by atoms with Gasteiger partial charge in [0.1, 0.15) is 10.4 Å². The maximum absolute atomic E-state index is 13.0. The van der Waals surface area contributed by atoms with Gasteiger partial charge in [-0.1, -0.05) is 42.5 Å². The van der Waals surface area contributed by atoms with Crippen molar-refractivity contribution in [1.82, 2.24) is 4.57 Å². The average Bonchev–Trinajstić information content (AvgIpc) is 3.03. The molecular formula is C23H21NO5S. The second-order valence-electron chi connectivity index (χ2n) is 6.30. The summed E-state index contributed by atoms with van der Waals surface area (Å²) in [5.74, 6) is -0.0683. The summed E-state index contributed by atoms with van der Waals surface area (Å²) in [5.41, 5.74) is 0.965. The number of carbonyl (C=O) groups is 2. The molecule has 0 aliphatic rings. The fraction of sp³-hybridized carbons (Fsp3) is 0.174. The van der Waals surface area contributed by atoms with E-state index < -0.39 is 5.97 Å². The second-order valence-corrected chi connectivity index (χ2v) is 7.36. The van der Waals surface area contributed by atoms with Gasteiger partial charge in [-0.05, 0) is 30.7 Å². The van der Waals surface area contributed by atoms with E-state index >= 15 is 0 Å². The van der Waals surface area contributed by atoms with E-state index in [2.05, 4.69) is 0 Å². The van der Waals surface area contributed by atoms with Crippen LogP contribution in [-0.4, -0.2) is 30.0 Å². The summed E-state index contributed by atoms with van der Waals surface area (Å²) in [6, 6.07) is 16.0. The number of ketones is 1. The molecular weight excluding hydrogens is 402 g/mol. The molecule has 0 saturated carbocycles. The number of methoxy groups -OCH3 is 1. The quantitative estimate of drug-likeness (QED) is 0.429. The molecule has 30 heavy (non-hydrogen) atoms. The van der Waals surface area contributed by atoms with Gasteiger partial charge < -0.3 is 9.47 Å². The van der Waals surface area contributed by atoms with E-state index in [9.17, 15) is 14.4 Å². The summed E-state index contributed by atoms with van der Waals surface area (Å²) < 4.78 is 12.2. The zero-order valence-corrected chi connectivity index (χ0v) is 17.5. The van der Waals surface area contributed by atoms with Crippen LogP contribution in [0.15, 0.2) is 59.4 Å². The number of Topliss-reactive ketones (excluding diaryl/α,β-unsaturated/α-hetero) is 1. The minimum atomic E-state index is -0.560. The maximum atomic E-state index is 13.0. The lowest BCUT2D eigenvalue weighted by Crippen LogP contribution is -2.34. The maximum Gasteiger partial charge on any atom is 0.333 e. The van der Waals surface area contributed by atoms with Crippen molar-refractivity contribution in [1.29, 1.82) is 0 Å². The first kappa shape index (κ1) is 21.3. The van der Waals surface area contributed by atoms with Crippen LogP contribution in [0.5, 0.6) is 5.75 Å². The largest absolute Gasteiger partial charge is 0.497 e. The molecule has 0 atom stereocenters. The van der Waals surface area contributed by atoms with Gasteiger partial charge >= 0.3 is 5.97 Å². The smallest absolute Gasteiger partial charge is 0.333 e. The molecule has 0 radical (unpaired) electrons. The Labute approximate surface area is 177 Å². The fourth-order valence-electron chi connectivity index (χ4n) is 2.79. The highest BCUT2D eigenvalue weighted by molar-refractivity contribution is 7.07. The van der Waals surface area contributed by atoms with Gasteiger partial charge in [0.15, 0.2) is 5.78 Å². The van der Waals surface area contributed by atoms with Crippen LogP contribution in [0, 0.1) is 0 Å². The normalized spacial score (nSPS) is 12.1. The van der Waals surface area contributed by atoms with Gasteiger partial charge in [0.25, 0.3) is 5.56 Å². The molecule has 0 aliphatic carbocycles. The number of thiazole rings is 1. The summed E-state index contributed by atoms with van der Waals surface area (Å²) in [7, 11) is 1.58. The Balaban J connectivity index is 2.07. The Bertz CT molecular complexity index is 1210. The second kappa shape index (κ2) is 9.84. The van der Waals surface area contributed by atoms with Gasteiger partial charge in [0, 0.05) is 5.56 Å². The molecule has 1 aromatic heterocycles. The lowest BCUT2D eigenvalue weighted by Gasteiger charge is -2.02. The predicted molar refractivity (Wildman–Crippen MR) is 116 cm³/mol. The van der Waals surface area contributed by atoms with E-state index in [0.717, 1.165) is 16.9 Å². The number of esters is 1. The van der Waals surface area contributed by atoms with Crippen molar-refractivity contribution in [2.45, 2.75) is 13.5 Å². The van der Waals surface area contributed by atoms with Gasteiger partial charge in [0.05, 0.1) is 30.9 Å². The highest BCUT2D eigenvalue weighted by Gasteiger charge is 2.12. The molecule has 2 aromatic carbocycles. The first-order valence-electron chi connectivity index (χ1n) is 9.34. The SMILES string of the molecule is CCOC(=O)/C=c1\s/c(=C\c2ccc(OC)cc2)c(=O)n1CC(=O)c1ccccc1. The highest BCUT2D eigenvalue weighted by Crippen LogP contribution is 2.11. The molecule has 154 valence electrons. The number of rotatable bonds is 7. The molecule has 0 unspecified atom stereocenters. The summed E-state index contributed by atoms with van der Waals surface area (Å²) in [4.78, 5) is 37.6. The Morgan fingerprint density at radius 2 is 1.77 bits per heavy atom. The lowest BCUT2D eigenvalue weighted by molar-refractivity contribution is -0.135. The number of ether oxygens (including phenoxy) is 2. The average molecular weight is 423 g/mol. The van der Waals surface area contributed by atoms with Crippen LogP contribution in [0.25, 0.3) is 12.2 Å². The zero-order valence-electron chi connectivity index (χ0n) is 16.7. The molecule has 0 fully saturated rings. The van der Waals surface area contributed by atoms with Crippen molar-refractivity contribution in [3.8, 4) is 5.75 Å². The van der Waals surface area contributed by atoms with E-state index in [1.165, 1.54) is 10.6 Å². The van der Waals surface area contributed by atoms with E-state index in [1.807, 2.05) is 18.2 Å². The lowest BCUT2D eigenvalue weighted by atomic mass is 10.1. The standard InChI is InChI=1S/C23H21NO5S/c1-3-29-22(26)14-21-24(15-19(25)17-7-5-4-6-8-17)23(27)20(30-21)13-16-9-11-18(28-2)12-10-16/h4-14H,3,15H2,1-2H3/b20-13-,21-14-. The summed E-state index contributed by atoms with van der Waals surface area (Å²) in [5, 5.41) is 0. The molecule has 0 amide bonds. The number of hydrogen-bond acceptors (Lipinski definition) is 6. The molecule has 1 heterocycles. The van der Waals surface area contributed by atoms with Gasteiger partial charge in [-0.25, -0.2) is 4.79 Å². The number of hydrogen-bond donors (Lipinski definition) is 0. The van der Waals surface area contributed by atoms with Gasteiger partial charge in [-0.2, -0.15) is 0 Å². The van der Waals surface area contributed by atoms with Crippen LogP contribution < -0.4 is 19.5 Å². The van der Waals surface area contributed by atoms with Crippen LogP contribution in [0.2, 0.25) is 0 Å². The van der Waals surface area contributed by atoms with Crippen molar-refractivity contribution in [3.63, 3.8) is 0 Å². The third-order valence-electron chi connectivity index (χ3n) is 4.28. The third-order valence-corrected chi connectivity index (χ3v) is 5.34. The van der Waals surface area contributed by atoms with Crippen molar-refractivity contribution in [2.24, 2.45) is 0 Å². The minimum Gasteiger partial charge on any atom is -0.497 e. The number of benzene rings is 2. The number of nitrogens with zero attached hydrogens (tertiary/aromatic N) is 1. The Morgan fingerprint density at radius 1 is 1.07 bits per heavy atom. The topological polar surface area (TPSA) is 74.6 Å². The highest BCUT2D eigenvalue weighted by atomic mass is 32.1.